The zero-order valence-corrected chi connectivity index (χ0v) is 12.5. The molecule has 2 N–H and O–H groups in total. The highest BCUT2D eigenvalue weighted by atomic mass is 16.5. The summed E-state index contributed by atoms with van der Waals surface area (Å²) in [5.74, 6) is -0.713. The van der Waals surface area contributed by atoms with Crippen LogP contribution in [0.25, 0.3) is 0 Å². The van der Waals surface area contributed by atoms with Crippen molar-refractivity contribution in [3.05, 3.63) is 18.0 Å². The molecule has 9 heteroatoms. The number of amides is 4. The van der Waals surface area contributed by atoms with Gasteiger partial charge in [0.1, 0.15) is 6.04 Å². The predicted molar refractivity (Wildman–Crippen MR) is 75.6 cm³/mol. The first-order valence-corrected chi connectivity index (χ1v) is 6.85. The molecule has 0 aliphatic carbocycles. The first kappa shape index (κ1) is 16.0. The molecule has 22 heavy (non-hydrogen) atoms. The highest BCUT2D eigenvalue weighted by Crippen LogP contribution is 2.08. The van der Waals surface area contributed by atoms with Gasteiger partial charge in [-0.15, -0.1) is 0 Å². The first-order chi connectivity index (χ1) is 10.5. The summed E-state index contributed by atoms with van der Waals surface area (Å²) in [6.07, 6.45) is 3.41. The number of hydrogen-bond donors (Lipinski definition) is 2. The summed E-state index contributed by atoms with van der Waals surface area (Å²) in [5.41, 5.74) is 0.881. The van der Waals surface area contributed by atoms with Gasteiger partial charge in [0.25, 0.3) is 5.91 Å². The Kier molecular flexibility index (Phi) is 5.10. The van der Waals surface area contributed by atoms with E-state index in [-0.39, 0.29) is 12.3 Å². The Labute approximate surface area is 127 Å². The number of hydrogen-bond acceptors (Lipinski definition) is 5. The van der Waals surface area contributed by atoms with E-state index in [2.05, 4.69) is 15.7 Å². The van der Waals surface area contributed by atoms with Crippen LogP contribution in [0.3, 0.4) is 0 Å². The molecule has 1 fully saturated rings. The predicted octanol–water partition coefficient (Wildman–Crippen LogP) is -1.01. The minimum absolute atomic E-state index is 0.0818. The Morgan fingerprint density at radius 2 is 2.27 bits per heavy atom. The molecule has 9 nitrogen and oxygen atoms in total. The average molecular weight is 309 g/mol. The van der Waals surface area contributed by atoms with Gasteiger partial charge in [0.15, 0.2) is 0 Å². The fourth-order valence-electron chi connectivity index (χ4n) is 2.17. The van der Waals surface area contributed by atoms with Crippen LogP contribution in [0.1, 0.15) is 12.0 Å². The third kappa shape index (κ3) is 4.04. The summed E-state index contributed by atoms with van der Waals surface area (Å²) in [5, 5.41) is 8.59. The second-order valence-electron chi connectivity index (χ2n) is 5.05. The van der Waals surface area contributed by atoms with E-state index in [1.165, 1.54) is 0 Å². The number of rotatable bonds is 7. The van der Waals surface area contributed by atoms with Gasteiger partial charge in [-0.05, 0) is 0 Å². The number of ether oxygens (including phenoxy) is 1. The maximum atomic E-state index is 12.4. The molecule has 120 valence electrons. The van der Waals surface area contributed by atoms with Crippen molar-refractivity contribution in [2.45, 2.75) is 19.0 Å². The van der Waals surface area contributed by atoms with Gasteiger partial charge in [0.2, 0.25) is 5.91 Å². The highest BCUT2D eigenvalue weighted by Gasteiger charge is 2.32. The molecule has 4 amide bonds. The lowest BCUT2D eigenvalue weighted by molar-refractivity contribution is -0.135. The molecular weight excluding hydrogens is 290 g/mol. The average Bonchev–Trinajstić information content (AvgIpc) is 3.00. The number of carbonyl (C=O) groups is 3. The van der Waals surface area contributed by atoms with Crippen LogP contribution < -0.4 is 10.6 Å². The van der Waals surface area contributed by atoms with Crippen molar-refractivity contribution in [2.75, 3.05) is 20.3 Å². The minimum atomic E-state index is -0.820. The number of nitrogens with zero attached hydrogens (tertiary/aromatic N) is 3. The molecule has 2 heterocycles. The lowest BCUT2D eigenvalue weighted by Crippen LogP contribution is -2.39. The minimum Gasteiger partial charge on any atom is -0.383 e. The number of imide groups is 1. The molecule has 0 bridgehead atoms. The van der Waals surface area contributed by atoms with E-state index in [1.807, 2.05) is 6.20 Å². The topological polar surface area (TPSA) is 106 Å². The number of aromatic nitrogens is 2. The van der Waals surface area contributed by atoms with E-state index in [4.69, 9.17) is 4.74 Å². The van der Waals surface area contributed by atoms with Crippen LogP contribution in [-0.4, -0.2) is 58.8 Å². The van der Waals surface area contributed by atoms with Gasteiger partial charge in [-0.2, -0.15) is 5.10 Å². The van der Waals surface area contributed by atoms with E-state index in [0.717, 1.165) is 5.56 Å². The van der Waals surface area contributed by atoms with E-state index < -0.39 is 18.0 Å². The fourth-order valence-corrected chi connectivity index (χ4v) is 2.17. The third-order valence-electron chi connectivity index (χ3n) is 3.29. The molecule has 1 aromatic rings. The van der Waals surface area contributed by atoms with Crippen LogP contribution >= 0.6 is 0 Å². The maximum absolute atomic E-state index is 12.4. The van der Waals surface area contributed by atoms with Crippen LogP contribution in [0.4, 0.5) is 4.79 Å². The van der Waals surface area contributed by atoms with Crippen LogP contribution in [0, 0.1) is 0 Å². The van der Waals surface area contributed by atoms with Crippen molar-refractivity contribution >= 4 is 17.8 Å². The van der Waals surface area contributed by atoms with Crippen molar-refractivity contribution in [1.82, 2.24) is 25.3 Å². The summed E-state index contributed by atoms with van der Waals surface area (Å²) in [6, 6.07) is -1.39. The van der Waals surface area contributed by atoms with E-state index >= 15 is 0 Å². The van der Waals surface area contributed by atoms with Gasteiger partial charge in [-0.3, -0.25) is 19.6 Å². The Bertz CT molecular complexity index is 571. The molecule has 1 atom stereocenters. The monoisotopic (exact) mass is 309 g/mol. The smallest absolute Gasteiger partial charge is 0.322 e. The Hall–Kier alpha value is -2.42. The van der Waals surface area contributed by atoms with Crippen molar-refractivity contribution in [3.8, 4) is 0 Å². The number of aryl methyl sites for hydroxylation is 1. The first-order valence-electron chi connectivity index (χ1n) is 6.85. The Morgan fingerprint density at radius 1 is 1.50 bits per heavy atom. The molecule has 0 unspecified atom stereocenters. The summed E-state index contributed by atoms with van der Waals surface area (Å²) in [4.78, 5) is 36.6. The molecule has 0 saturated carbocycles. The highest BCUT2D eigenvalue weighted by molar-refractivity contribution is 6.05. The second-order valence-corrected chi connectivity index (χ2v) is 5.05. The summed E-state index contributed by atoms with van der Waals surface area (Å²) in [6.45, 7) is 1.15. The number of nitrogens with one attached hydrogen (secondary N) is 2. The normalized spacial score (nSPS) is 17.3. The number of methoxy groups -OCH3 is 1. The quantitative estimate of drug-likeness (QED) is 0.628. The Morgan fingerprint density at radius 3 is 2.82 bits per heavy atom. The van der Waals surface area contributed by atoms with Crippen LogP contribution in [0.15, 0.2) is 12.4 Å². The molecule has 0 spiro atoms. The zero-order chi connectivity index (χ0) is 16.1. The molecule has 1 saturated heterocycles. The van der Waals surface area contributed by atoms with Gasteiger partial charge in [0, 0.05) is 39.0 Å². The van der Waals surface area contributed by atoms with Crippen molar-refractivity contribution in [2.24, 2.45) is 7.05 Å². The van der Waals surface area contributed by atoms with Crippen LogP contribution in [0.5, 0.6) is 0 Å². The van der Waals surface area contributed by atoms with Crippen molar-refractivity contribution in [3.63, 3.8) is 0 Å². The molecule has 1 aromatic heterocycles. The second kappa shape index (κ2) is 7.03. The third-order valence-corrected chi connectivity index (χ3v) is 3.29. The molecule has 2 rings (SSSR count). The molecule has 1 aliphatic heterocycles. The van der Waals surface area contributed by atoms with Crippen LogP contribution in [0.2, 0.25) is 0 Å². The van der Waals surface area contributed by atoms with E-state index in [1.54, 1.807) is 29.9 Å². The number of urea groups is 1. The van der Waals surface area contributed by atoms with Gasteiger partial charge in [-0.1, -0.05) is 0 Å². The van der Waals surface area contributed by atoms with Gasteiger partial charge < -0.3 is 15.0 Å². The van der Waals surface area contributed by atoms with E-state index in [0.29, 0.717) is 19.7 Å². The molecule has 0 aromatic carbocycles. The van der Waals surface area contributed by atoms with Crippen LogP contribution in [-0.2, 0) is 27.9 Å². The van der Waals surface area contributed by atoms with Gasteiger partial charge in [-0.25, -0.2) is 4.79 Å². The Balaban J connectivity index is 1.99. The van der Waals surface area contributed by atoms with Gasteiger partial charge >= 0.3 is 6.03 Å². The summed E-state index contributed by atoms with van der Waals surface area (Å²) < 4.78 is 6.66. The summed E-state index contributed by atoms with van der Waals surface area (Å²) >= 11 is 0. The largest absolute Gasteiger partial charge is 0.383 e. The van der Waals surface area contributed by atoms with E-state index in [9.17, 15) is 14.4 Å². The molecule has 0 radical (unpaired) electrons. The lowest BCUT2D eigenvalue weighted by Gasteiger charge is -2.22. The maximum Gasteiger partial charge on any atom is 0.322 e. The van der Waals surface area contributed by atoms with Crippen molar-refractivity contribution in [1.29, 1.82) is 0 Å². The fraction of sp³-hybridized carbons (Fsp3) is 0.538. The van der Waals surface area contributed by atoms with Gasteiger partial charge in [0.05, 0.1) is 19.2 Å². The zero-order valence-electron chi connectivity index (χ0n) is 12.5. The molecular formula is C13H19N5O4. The lowest BCUT2D eigenvalue weighted by atomic mass is 10.2. The van der Waals surface area contributed by atoms with Crippen molar-refractivity contribution < 1.29 is 19.1 Å². The standard InChI is InChI=1S/C13H19N5O4/c1-17-7-9(6-14-17)8-18(3-4-22-2)11(19)5-10-12(20)16-13(21)15-10/h6-7,10H,3-5,8H2,1-2H3,(H2,15,16,20,21)/t10-/m0/s1. The molecule has 1 aliphatic rings. The SMILES string of the molecule is COCCN(Cc1cnn(C)c1)C(=O)C[C@@H]1NC(=O)NC1=O. The summed E-state index contributed by atoms with van der Waals surface area (Å²) in [7, 11) is 3.35. The number of carbonyl (C=O) groups excluding carboxylic acids is 3.